The van der Waals surface area contributed by atoms with Gasteiger partial charge in [-0.15, -0.1) is 0 Å². The largest absolute Gasteiger partial charge is 0.507 e. The van der Waals surface area contributed by atoms with Gasteiger partial charge in [-0.3, -0.25) is 14.5 Å². The van der Waals surface area contributed by atoms with Gasteiger partial charge in [0.1, 0.15) is 17.3 Å². The molecule has 0 aromatic heterocycles. The van der Waals surface area contributed by atoms with Crippen LogP contribution in [0.5, 0.6) is 11.5 Å². The van der Waals surface area contributed by atoms with Crippen LogP contribution in [-0.2, 0) is 9.59 Å². The van der Waals surface area contributed by atoms with Gasteiger partial charge >= 0.3 is 0 Å². The normalized spacial score (nSPS) is 16.8. The molecule has 6 heteroatoms. The van der Waals surface area contributed by atoms with Gasteiger partial charge in [0.05, 0.1) is 24.3 Å². The van der Waals surface area contributed by atoms with Crippen LogP contribution in [0.1, 0.15) is 37.9 Å². The summed E-state index contributed by atoms with van der Waals surface area (Å²) in [4.78, 5) is 28.4. The summed E-state index contributed by atoms with van der Waals surface area (Å²) >= 11 is 0. The van der Waals surface area contributed by atoms with Crippen molar-refractivity contribution in [1.82, 2.24) is 0 Å². The predicted molar refractivity (Wildman–Crippen MR) is 149 cm³/mol. The first kappa shape index (κ1) is 25.1. The minimum Gasteiger partial charge on any atom is -0.507 e. The Kier molecular flexibility index (Phi) is 6.88. The molecule has 1 aliphatic heterocycles. The number of rotatable bonds is 7. The fourth-order valence-corrected chi connectivity index (χ4v) is 4.78. The van der Waals surface area contributed by atoms with E-state index in [2.05, 4.69) is 0 Å². The number of carbonyl (C=O) groups excluding carboxylic acids is 2. The summed E-state index contributed by atoms with van der Waals surface area (Å²) in [6.07, 6.45) is 0.00300. The second-order valence-electron chi connectivity index (χ2n) is 9.39. The van der Waals surface area contributed by atoms with E-state index in [1.807, 2.05) is 81.4 Å². The number of hydrogen-bond donors (Lipinski definition) is 1. The molecule has 4 aromatic carbocycles. The van der Waals surface area contributed by atoms with Crippen molar-refractivity contribution >= 4 is 33.9 Å². The molecule has 0 saturated carbocycles. The average molecular weight is 508 g/mol. The van der Waals surface area contributed by atoms with E-state index in [0.29, 0.717) is 34.9 Å². The number of ketones is 1. The molecule has 0 spiro atoms. The maximum Gasteiger partial charge on any atom is 0.300 e. The summed E-state index contributed by atoms with van der Waals surface area (Å²) in [5.41, 5.74) is 1.71. The Balaban J connectivity index is 1.65. The third-order valence-electron chi connectivity index (χ3n) is 6.46. The van der Waals surface area contributed by atoms with E-state index in [1.165, 1.54) is 4.90 Å². The predicted octanol–water partition coefficient (Wildman–Crippen LogP) is 6.65. The summed E-state index contributed by atoms with van der Waals surface area (Å²) < 4.78 is 11.3. The Hall–Kier alpha value is -4.58. The van der Waals surface area contributed by atoms with Crippen molar-refractivity contribution in [2.45, 2.75) is 32.9 Å². The first-order valence-corrected chi connectivity index (χ1v) is 12.7. The lowest BCUT2D eigenvalue weighted by molar-refractivity contribution is -0.132. The van der Waals surface area contributed by atoms with Crippen molar-refractivity contribution in [3.63, 3.8) is 0 Å². The Morgan fingerprint density at radius 2 is 1.53 bits per heavy atom. The standard InChI is InChI=1S/C32H29NO5/c1-4-37-26-17-13-25(14-18-26)33-29(22-11-15-27(16-12-22)38-20(2)3)28(31(35)32(33)36)30(34)24-10-9-21-7-5-6-8-23(21)19-24/h5-20,29,34H,4H2,1-3H3/b30-28-. The van der Waals surface area contributed by atoms with Gasteiger partial charge in [-0.1, -0.05) is 48.5 Å². The van der Waals surface area contributed by atoms with Gasteiger partial charge < -0.3 is 14.6 Å². The van der Waals surface area contributed by atoms with Crippen molar-refractivity contribution in [2.24, 2.45) is 0 Å². The zero-order valence-corrected chi connectivity index (χ0v) is 21.5. The first-order valence-electron chi connectivity index (χ1n) is 12.7. The molecule has 38 heavy (non-hydrogen) atoms. The number of aliphatic hydroxyl groups is 1. The highest BCUT2D eigenvalue weighted by Gasteiger charge is 2.47. The SMILES string of the molecule is CCOc1ccc(N2C(=O)C(=O)/C(=C(\O)c3ccc4ccccc4c3)C2c2ccc(OC(C)C)cc2)cc1. The molecule has 5 rings (SSSR count). The number of fused-ring (bicyclic) bond motifs is 1. The van der Waals surface area contributed by atoms with Gasteiger partial charge in [0.2, 0.25) is 0 Å². The lowest BCUT2D eigenvalue weighted by Gasteiger charge is -2.26. The molecule has 0 radical (unpaired) electrons. The second-order valence-corrected chi connectivity index (χ2v) is 9.39. The van der Waals surface area contributed by atoms with E-state index >= 15 is 0 Å². The molecule has 1 aliphatic rings. The fraction of sp³-hybridized carbons (Fsp3) is 0.188. The molecule has 4 aromatic rings. The first-order chi connectivity index (χ1) is 18.4. The Bertz CT molecular complexity index is 1520. The van der Waals surface area contributed by atoms with Crippen molar-refractivity contribution in [1.29, 1.82) is 0 Å². The van der Waals surface area contributed by atoms with Gasteiger partial charge in [0, 0.05) is 11.3 Å². The smallest absolute Gasteiger partial charge is 0.300 e. The molecule has 0 aliphatic carbocycles. The maximum absolute atomic E-state index is 13.5. The van der Waals surface area contributed by atoms with Crippen molar-refractivity contribution in [3.8, 4) is 11.5 Å². The van der Waals surface area contributed by atoms with Crippen LogP contribution in [0.2, 0.25) is 0 Å². The molecule has 1 fully saturated rings. The van der Waals surface area contributed by atoms with E-state index in [9.17, 15) is 14.7 Å². The van der Waals surface area contributed by atoms with Gasteiger partial charge in [0.15, 0.2) is 0 Å². The van der Waals surface area contributed by atoms with Crippen LogP contribution in [0.15, 0.2) is 96.6 Å². The molecule has 6 nitrogen and oxygen atoms in total. The lowest BCUT2D eigenvalue weighted by atomic mass is 9.94. The van der Waals surface area contributed by atoms with E-state index in [0.717, 1.165) is 10.8 Å². The van der Waals surface area contributed by atoms with Gasteiger partial charge in [-0.2, -0.15) is 0 Å². The molecule has 1 saturated heterocycles. The van der Waals surface area contributed by atoms with Crippen molar-refractivity contribution < 1.29 is 24.2 Å². The highest BCUT2D eigenvalue weighted by Crippen LogP contribution is 2.43. The van der Waals surface area contributed by atoms with Crippen LogP contribution >= 0.6 is 0 Å². The van der Waals surface area contributed by atoms with E-state index in [-0.39, 0.29) is 17.4 Å². The third kappa shape index (κ3) is 4.73. The number of hydrogen-bond acceptors (Lipinski definition) is 5. The molecule has 1 heterocycles. The summed E-state index contributed by atoms with van der Waals surface area (Å²) in [7, 11) is 0. The van der Waals surface area contributed by atoms with Crippen LogP contribution in [0, 0.1) is 0 Å². The average Bonchev–Trinajstić information content (AvgIpc) is 3.19. The number of amides is 1. The number of Topliss-reactive ketones (excluding diaryl/α,β-unsaturated/α-hetero) is 1. The highest BCUT2D eigenvalue weighted by molar-refractivity contribution is 6.51. The quantitative estimate of drug-likeness (QED) is 0.172. The molecule has 1 amide bonds. The van der Waals surface area contributed by atoms with Crippen LogP contribution in [-0.4, -0.2) is 29.5 Å². The maximum atomic E-state index is 13.5. The number of aliphatic hydroxyl groups excluding tert-OH is 1. The van der Waals surface area contributed by atoms with Crippen molar-refractivity contribution in [3.05, 3.63) is 108 Å². The minimum absolute atomic E-state index is 0.00300. The highest BCUT2D eigenvalue weighted by atomic mass is 16.5. The van der Waals surface area contributed by atoms with Crippen LogP contribution in [0.25, 0.3) is 16.5 Å². The molecule has 1 unspecified atom stereocenters. The number of nitrogens with zero attached hydrogens (tertiary/aromatic N) is 1. The molecule has 1 atom stereocenters. The van der Waals surface area contributed by atoms with Gasteiger partial charge in [-0.25, -0.2) is 0 Å². The number of benzene rings is 4. The number of ether oxygens (including phenoxy) is 2. The number of carbonyl (C=O) groups is 2. The van der Waals surface area contributed by atoms with E-state index in [4.69, 9.17) is 9.47 Å². The molecule has 0 bridgehead atoms. The fourth-order valence-electron chi connectivity index (χ4n) is 4.78. The molecule has 192 valence electrons. The monoisotopic (exact) mass is 507 g/mol. The topological polar surface area (TPSA) is 76.1 Å². The molecule has 1 N–H and O–H groups in total. The van der Waals surface area contributed by atoms with Crippen LogP contribution < -0.4 is 14.4 Å². The molecular formula is C32H29NO5. The Labute approximate surface area is 221 Å². The Morgan fingerprint density at radius 3 is 2.18 bits per heavy atom. The van der Waals surface area contributed by atoms with E-state index in [1.54, 1.807) is 30.3 Å². The van der Waals surface area contributed by atoms with Crippen molar-refractivity contribution in [2.75, 3.05) is 11.5 Å². The van der Waals surface area contributed by atoms with Crippen LogP contribution in [0.4, 0.5) is 5.69 Å². The molecular weight excluding hydrogens is 478 g/mol. The van der Waals surface area contributed by atoms with E-state index < -0.39 is 17.7 Å². The zero-order valence-electron chi connectivity index (χ0n) is 21.5. The van der Waals surface area contributed by atoms with Gasteiger partial charge in [0.25, 0.3) is 11.7 Å². The minimum atomic E-state index is -0.826. The van der Waals surface area contributed by atoms with Crippen LogP contribution in [0.3, 0.4) is 0 Å². The summed E-state index contributed by atoms with van der Waals surface area (Å²) in [5.74, 6) is -0.317. The summed E-state index contributed by atoms with van der Waals surface area (Å²) in [6.45, 7) is 6.29. The van der Waals surface area contributed by atoms with Gasteiger partial charge in [-0.05, 0) is 79.6 Å². The second kappa shape index (κ2) is 10.4. The summed E-state index contributed by atoms with van der Waals surface area (Å²) in [6, 6.07) is 26.7. The Morgan fingerprint density at radius 1 is 0.868 bits per heavy atom. The lowest BCUT2D eigenvalue weighted by Crippen LogP contribution is -2.29. The third-order valence-corrected chi connectivity index (χ3v) is 6.46. The number of anilines is 1. The summed E-state index contributed by atoms with van der Waals surface area (Å²) in [5, 5.41) is 13.4. The zero-order chi connectivity index (χ0) is 26.8.